The quantitative estimate of drug-likeness (QED) is 0.762. The fourth-order valence-electron chi connectivity index (χ4n) is 1.84. The predicted molar refractivity (Wildman–Crippen MR) is 60.4 cm³/mol. The lowest BCUT2D eigenvalue weighted by molar-refractivity contribution is 0.977. The summed E-state index contributed by atoms with van der Waals surface area (Å²) in [6.45, 7) is 2.87. The summed E-state index contributed by atoms with van der Waals surface area (Å²) in [5.74, 6) is 0. The van der Waals surface area contributed by atoms with Crippen LogP contribution in [0.15, 0.2) is 24.3 Å². The highest BCUT2D eigenvalue weighted by Gasteiger charge is 2.03. The number of H-pyrrole nitrogens is 1. The first-order valence-electron chi connectivity index (χ1n) is 5.14. The summed E-state index contributed by atoms with van der Waals surface area (Å²) in [7, 11) is 0. The molecule has 3 N–H and O–H groups in total. The average molecular weight is 188 g/mol. The van der Waals surface area contributed by atoms with Crippen molar-refractivity contribution < 1.29 is 0 Å². The SMILES string of the molecule is CCc1cc2c(CCN)cccc2[nH]1. The zero-order chi connectivity index (χ0) is 9.97. The van der Waals surface area contributed by atoms with Gasteiger partial charge in [-0.2, -0.15) is 0 Å². The molecule has 0 spiro atoms. The Bertz CT molecular complexity index is 429. The molecule has 74 valence electrons. The highest BCUT2D eigenvalue weighted by Crippen LogP contribution is 2.20. The van der Waals surface area contributed by atoms with Crippen LogP contribution < -0.4 is 5.73 Å². The Kier molecular flexibility index (Phi) is 2.55. The molecule has 0 aliphatic rings. The molecule has 1 aromatic carbocycles. The van der Waals surface area contributed by atoms with Crippen LogP contribution in [0.1, 0.15) is 18.2 Å². The summed E-state index contributed by atoms with van der Waals surface area (Å²) in [4.78, 5) is 3.40. The minimum absolute atomic E-state index is 0.714. The first kappa shape index (κ1) is 9.28. The normalized spacial score (nSPS) is 11.0. The third kappa shape index (κ3) is 1.53. The number of hydrogen-bond donors (Lipinski definition) is 2. The van der Waals surface area contributed by atoms with Crippen molar-refractivity contribution in [3.05, 3.63) is 35.5 Å². The summed E-state index contributed by atoms with van der Waals surface area (Å²) in [6.07, 6.45) is 2.01. The van der Waals surface area contributed by atoms with Crippen LogP contribution in [0.5, 0.6) is 0 Å². The van der Waals surface area contributed by atoms with E-state index in [2.05, 4.69) is 36.2 Å². The Labute approximate surface area is 84.1 Å². The fourth-order valence-corrected chi connectivity index (χ4v) is 1.84. The van der Waals surface area contributed by atoms with E-state index in [1.807, 2.05) is 0 Å². The molecule has 0 atom stereocenters. The van der Waals surface area contributed by atoms with Gasteiger partial charge in [0.15, 0.2) is 0 Å². The zero-order valence-corrected chi connectivity index (χ0v) is 8.51. The van der Waals surface area contributed by atoms with E-state index in [4.69, 9.17) is 5.73 Å². The van der Waals surface area contributed by atoms with Crippen LogP contribution in [-0.2, 0) is 12.8 Å². The second kappa shape index (κ2) is 3.84. The molecule has 2 aromatic rings. The van der Waals surface area contributed by atoms with Crippen LogP contribution in [0, 0.1) is 0 Å². The Morgan fingerprint density at radius 3 is 2.93 bits per heavy atom. The maximum atomic E-state index is 5.58. The van der Waals surface area contributed by atoms with Gasteiger partial charge in [0, 0.05) is 16.6 Å². The number of aromatic amines is 1. The van der Waals surface area contributed by atoms with Gasteiger partial charge >= 0.3 is 0 Å². The Hall–Kier alpha value is -1.28. The number of nitrogens with one attached hydrogen (secondary N) is 1. The molecule has 1 aromatic heterocycles. The lowest BCUT2D eigenvalue weighted by Crippen LogP contribution is -2.02. The molecule has 0 saturated heterocycles. The van der Waals surface area contributed by atoms with Crippen molar-refractivity contribution in [2.24, 2.45) is 5.73 Å². The summed E-state index contributed by atoms with van der Waals surface area (Å²) < 4.78 is 0. The second-order valence-electron chi connectivity index (χ2n) is 3.57. The summed E-state index contributed by atoms with van der Waals surface area (Å²) in [5, 5.41) is 1.33. The van der Waals surface area contributed by atoms with Crippen LogP contribution in [0.2, 0.25) is 0 Å². The van der Waals surface area contributed by atoms with Crippen molar-refractivity contribution in [1.29, 1.82) is 0 Å². The van der Waals surface area contributed by atoms with Gasteiger partial charge in [-0.3, -0.25) is 0 Å². The number of hydrogen-bond acceptors (Lipinski definition) is 1. The minimum Gasteiger partial charge on any atom is -0.358 e. The van der Waals surface area contributed by atoms with Crippen molar-refractivity contribution in [1.82, 2.24) is 4.98 Å². The van der Waals surface area contributed by atoms with E-state index in [0.717, 1.165) is 12.8 Å². The maximum Gasteiger partial charge on any atom is 0.0458 e. The van der Waals surface area contributed by atoms with E-state index in [0.29, 0.717) is 6.54 Å². The molecule has 0 aliphatic heterocycles. The molecule has 0 radical (unpaired) electrons. The highest BCUT2D eigenvalue weighted by molar-refractivity contribution is 5.84. The van der Waals surface area contributed by atoms with Crippen molar-refractivity contribution in [2.75, 3.05) is 6.54 Å². The lowest BCUT2D eigenvalue weighted by Gasteiger charge is -1.99. The molecular weight excluding hydrogens is 172 g/mol. The first-order chi connectivity index (χ1) is 6.85. The lowest BCUT2D eigenvalue weighted by atomic mass is 10.1. The van der Waals surface area contributed by atoms with Crippen LogP contribution in [-0.4, -0.2) is 11.5 Å². The van der Waals surface area contributed by atoms with E-state index in [9.17, 15) is 0 Å². The molecule has 0 fully saturated rings. The van der Waals surface area contributed by atoms with Gasteiger partial charge in [-0.25, -0.2) is 0 Å². The third-order valence-electron chi connectivity index (χ3n) is 2.60. The number of fused-ring (bicyclic) bond motifs is 1. The smallest absolute Gasteiger partial charge is 0.0458 e. The van der Waals surface area contributed by atoms with Gasteiger partial charge in [-0.05, 0) is 37.1 Å². The monoisotopic (exact) mass is 188 g/mol. The van der Waals surface area contributed by atoms with Crippen molar-refractivity contribution in [2.45, 2.75) is 19.8 Å². The first-order valence-corrected chi connectivity index (χ1v) is 5.14. The Balaban J connectivity index is 2.55. The van der Waals surface area contributed by atoms with Crippen LogP contribution in [0.3, 0.4) is 0 Å². The van der Waals surface area contributed by atoms with Gasteiger partial charge in [0.2, 0.25) is 0 Å². The van der Waals surface area contributed by atoms with Gasteiger partial charge in [-0.1, -0.05) is 19.1 Å². The van der Waals surface area contributed by atoms with Crippen LogP contribution >= 0.6 is 0 Å². The van der Waals surface area contributed by atoms with Gasteiger partial charge in [-0.15, -0.1) is 0 Å². The molecule has 1 heterocycles. The molecule has 14 heavy (non-hydrogen) atoms. The number of aromatic nitrogens is 1. The largest absolute Gasteiger partial charge is 0.358 e. The number of nitrogens with two attached hydrogens (primary N) is 1. The third-order valence-corrected chi connectivity index (χ3v) is 2.60. The van der Waals surface area contributed by atoms with E-state index in [1.54, 1.807) is 0 Å². The zero-order valence-electron chi connectivity index (χ0n) is 8.51. The minimum atomic E-state index is 0.714. The second-order valence-corrected chi connectivity index (χ2v) is 3.57. The molecule has 0 unspecified atom stereocenters. The van der Waals surface area contributed by atoms with Crippen molar-refractivity contribution in [3.63, 3.8) is 0 Å². The predicted octanol–water partition coefficient (Wildman–Crippen LogP) is 2.23. The molecule has 2 heteroatoms. The van der Waals surface area contributed by atoms with Gasteiger partial charge in [0.1, 0.15) is 0 Å². The highest BCUT2D eigenvalue weighted by atomic mass is 14.7. The molecular formula is C12H16N2. The topological polar surface area (TPSA) is 41.8 Å². The average Bonchev–Trinajstić information content (AvgIpc) is 2.62. The maximum absolute atomic E-state index is 5.58. The van der Waals surface area contributed by atoms with Gasteiger partial charge < -0.3 is 10.7 Å². The standard InChI is InChI=1S/C12H16N2/c1-2-10-8-11-9(6-7-13)4-3-5-12(11)14-10/h3-5,8,14H,2,6-7,13H2,1H3. The van der Waals surface area contributed by atoms with Gasteiger partial charge in [0.25, 0.3) is 0 Å². The molecule has 0 saturated carbocycles. The molecule has 2 nitrogen and oxygen atoms in total. The van der Waals surface area contributed by atoms with Crippen LogP contribution in [0.4, 0.5) is 0 Å². The summed E-state index contributed by atoms with van der Waals surface area (Å²) in [5.41, 5.74) is 9.45. The molecule has 0 aliphatic carbocycles. The van der Waals surface area contributed by atoms with E-state index in [-0.39, 0.29) is 0 Å². The number of aryl methyl sites for hydroxylation is 1. The number of benzene rings is 1. The Morgan fingerprint density at radius 1 is 1.36 bits per heavy atom. The molecule has 0 amide bonds. The van der Waals surface area contributed by atoms with E-state index in [1.165, 1.54) is 22.2 Å². The van der Waals surface area contributed by atoms with Crippen molar-refractivity contribution >= 4 is 10.9 Å². The van der Waals surface area contributed by atoms with Crippen LogP contribution in [0.25, 0.3) is 10.9 Å². The summed E-state index contributed by atoms with van der Waals surface area (Å²) in [6, 6.07) is 8.60. The van der Waals surface area contributed by atoms with Crippen molar-refractivity contribution in [3.8, 4) is 0 Å². The van der Waals surface area contributed by atoms with E-state index < -0.39 is 0 Å². The van der Waals surface area contributed by atoms with E-state index >= 15 is 0 Å². The van der Waals surface area contributed by atoms with Gasteiger partial charge in [0.05, 0.1) is 0 Å². The molecule has 0 bridgehead atoms. The Morgan fingerprint density at radius 2 is 2.21 bits per heavy atom. The molecule has 2 rings (SSSR count). The fraction of sp³-hybridized carbons (Fsp3) is 0.333. The number of rotatable bonds is 3. The summed E-state index contributed by atoms with van der Waals surface area (Å²) >= 11 is 0.